The van der Waals surface area contributed by atoms with Gasteiger partial charge in [-0.15, -0.1) is 5.10 Å². The second-order valence-electron chi connectivity index (χ2n) is 3.76. The summed E-state index contributed by atoms with van der Waals surface area (Å²) in [5.74, 6) is 0. The summed E-state index contributed by atoms with van der Waals surface area (Å²) in [4.78, 5) is 2.42. The first kappa shape index (κ1) is 9.61. The number of hydrogen-bond donors (Lipinski definition) is 1. The maximum Gasteiger partial charge on any atom is 0.0967 e. The minimum absolute atomic E-state index is 0.926. The number of hydrogen-bond acceptors (Lipinski definition) is 4. The largest absolute Gasteiger partial charge is 0.315 e. The fourth-order valence-electron chi connectivity index (χ4n) is 1.76. The van der Waals surface area contributed by atoms with Crippen LogP contribution in [0.1, 0.15) is 12.1 Å². The summed E-state index contributed by atoms with van der Waals surface area (Å²) in [6.45, 7) is 5.41. The van der Waals surface area contributed by atoms with E-state index in [0.29, 0.717) is 0 Å². The third-order valence-corrected chi connectivity index (χ3v) is 2.47. The van der Waals surface area contributed by atoms with Crippen molar-refractivity contribution in [2.24, 2.45) is 7.05 Å². The van der Waals surface area contributed by atoms with Crippen LogP contribution in [0.5, 0.6) is 0 Å². The van der Waals surface area contributed by atoms with E-state index in [1.54, 1.807) is 4.68 Å². The molecule has 1 aliphatic heterocycles. The van der Waals surface area contributed by atoms with Crippen LogP contribution >= 0.6 is 0 Å². The van der Waals surface area contributed by atoms with E-state index >= 15 is 0 Å². The molecule has 0 bridgehead atoms. The van der Waals surface area contributed by atoms with E-state index in [2.05, 4.69) is 20.5 Å². The van der Waals surface area contributed by atoms with Gasteiger partial charge in [-0.25, -0.2) is 0 Å². The molecule has 78 valence electrons. The quantitative estimate of drug-likeness (QED) is 0.698. The van der Waals surface area contributed by atoms with Crippen molar-refractivity contribution in [3.05, 3.63) is 11.9 Å². The minimum Gasteiger partial charge on any atom is -0.315 e. The van der Waals surface area contributed by atoms with Gasteiger partial charge in [-0.2, -0.15) is 0 Å². The van der Waals surface area contributed by atoms with Gasteiger partial charge >= 0.3 is 0 Å². The molecule has 1 aliphatic rings. The number of aromatic nitrogens is 3. The predicted molar refractivity (Wildman–Crippen MR) is 53.8 cm³/mol. The highest BCUT2D eigenvalue weighted by molar-refractivity contribution is 4.91. The zero-order valence-corrected chi connectivity index (χ0v) is 8.61. The Morgan fingerprint density at radius 1 is 1.43 bits per heavy atom. The zero-order valence-electron chi connectivity index (χ0n) is 8.61. The standard InChI is InChI=1S/C9H17N5/c1-13-7-9(11-12-13)8-14-5-2-3-10-4-6-14/h7,10H,2-6,8H2,1H3. The SMILES string of the molecule is Cn1cc(CN2CCCNCC2)nn1. The van der Waals surface area contributed by atoms with E-state index in [4.69, 9.17) is 0 Å². The van der Waals surface area contributed by atoms with Crippen LogP contribution in [-0.2, 0) is 13.6 Å². The maximum atomic E-state index is 4.09. The van der Waals surface area contributed by atoms with Crippen molar-refractivity contribution in [2.45, 2.75) is 13.0 Å². The van der Waals surface area contributed by atoms with Crippen LogP contribution < -0.4 is 5.32 Å². The first-order chi connectivity index (χ1) is 6.84. The number of aryl methyl sites for hydroxylation is 1. The normalized spacial score (nSPS) is 19.5. The van der Waals surface area contributed by atoms with E-state index in [1.165, 1.54) is 6.42 Å². The molecule has 0 radical (unpaired) electrons. The topological polar surface area (TPSA) is 46.0 Å². The summed E-state index contributed by atoms with van der Waals surface area (Å²) in [6.07, 6.45) is 3.21. The van der Waals surface area contributed by atoms with Gasteiger partial charge < -0.3 is 5.32 Å². The van der Waals surface area contributed by atoms with Gasteiger partial charge in [0.25, 0.3) is 0 Å². The number of nitrogens with zero attached hydrogens (tertiary/aromatic N) is 4. The molecule has 0 aromatic carbocycles. The van der Waals surface area contributed by atoms with Crippen molar-refractivity contribution in [1.82, 2.24) is 25.2 Å². The van der Waals surface area contributed by atoms with Crippen molar-refractivity contribution in [3.8, 4) is 0 Å². The highest BCUT2D eigenvalue weighted by Crippen LogP contribution is 2.02. The Hall–Kier alpha value is -0.940. The van der Waals surface area contributed by atoms with E-state index in [0.717, 1.165) is 38.4 Å². The van der Waals surface area contributed by atoms with Crippen LogP contribution in [0.3, 0.4) is 0 Å². The molecular weight excluding hydrogens is 178 g/mol. The molecule has 2 rings (SSSR count). The highest BCUT2D eigenvalue weighted by Gasteiger charge is 2.10. The molecule has 0 atom stereocenters. The molecule has 14 heavy (non-hydrogen) atoms. The molecule has 1 saturated heterocycles. The summed E-state index contributed by atoms with van der Waals surface area (Å²) in [6, 6.07) is 0. The van der Waals surface area contributed by atoms with Crippen LogP contribution in [0.2, 0.25) is 0 Å². The van der Waals surface area contributed by atoms with Crippen LogP contribution in [0.4, 0.5) is 0 Å². The summed E-state index contributed by atoms with van der Waals surface area (Å²) in [5.41, 5.74) is 1.06. The lowest BCUT2D eigenvalue weighted by Crippen LogP contribution is -2.27. The smallest absolute Gasteiger partial charge is 0.0967 e. The number of rotatable bonds is 2. The summed E-state index contributed by atoms with van der Waals surface area (Å²) in [5, 5.41) is 11.4. The van der Waals surface area contributed by atoms with Gasteiger partial charge in [-0.05, 0) is 19.5 Å². The molecule has 0 amide bonds. The van der Waals surface area contributed by atoms with E-state index in [9.17, 15) is 0 Å². The predicted octanol–water partition coefficient (Wildman–Crippen LogP) is -0.390. The monoisotopic (exact) mass is 195 g/mol. The first-order valence-electron chi connectivity index (χ1n) is 5.13. The maximum absolute atomic E-state index is 4.09. The summed E-state index contributed by atoms with van der Waals surface area (Å²) < 4.78 is 1.76. The summed E-state index contributed by atoms with van der Waals surface area (Å²) >= 11 is 0. The Morgan fingerprint density at radius 3 is 3.14 bits per heavy atom. The molecule has 5 nitrogen and oxygen atoms in total. The molecule has 5 heteroatoms. The fourth-order valence-corrected chi connectivity index (χ4v) is 1.76. The van der Waals surface area contributed by atoms with E-state index in [-0.39, 0.29) is 0 Å². The van der Waals surface area contributed by atoms with Gasteiger partial charge in [-0.1, -0.05) is 5.21 Å². The van der Waals surface area contributed by atoms with Crippen molar-refractivity contribution >= 4 is 0 Å². The van der Waals surface area contributed by atoms with Crippen molar-refractivity contribution in [1.29, 1.82) is 0 Å². The Morgan fingerprint density at radius 2 is 2.36 bits per heavy atom. The lowest BCUT2D eigenvalue weighted by molar-refractivity contribution is 0.281. The molecule has 0 saturated carbocycles. The van der Waals surface area contributed by atoms with Crippen molar-refractivity contribution in [3.63, 3.8) is 0 Å². The first-order valence-corrected chi connectivity index (χ1v) is 5.13. The minimum atomic E-state index is 0.926. The Kier molecular flexibility index (Phi) is 3.10. The van der Waals surface area contributed by atoms with Crippen LogP contribution in [0, 0.1) is 0 Å². The van der Waals surface area contributed by atoms with Gasteiger partial charge in [0.05, 0.1) is 5.69 Å². The number of nitrogens with one attached hydrogen (secondary N) is 1. The lowest BCUT2D eigenvalue weighted by Gasteiger charge is -2.17. The van der Waals surface area contributed by atoms with Gasteiger partial charge in [0.2, 0.25) is 0 Å². The zero-order chi connectivity index (χ0) is 9.80. The fraction of sp³-hybridized carbons (Fsp3) is 0.778. The van der Waals surface area contributed by atoms with Gasteiger partial charge in [0, 0.05) is 32.9 Å². The molecule has 2 heterocycles. The average molecular weight is 195 g/mol. The molecule has 1 aromatic heterocycles. The third-order valence-electron chi connectivity index (χ3n) is 2.47. The summed E-state index contributed by atoms with van der Waals surface area (Å²) in [7, 11) is 1.90. The van der Waals surface area contributed by atoms with Crippen LogP contribution in [0.15, 0.2) is 6.20 Å². The molecular formula is C9H17N5. The molecule has 0 unspecified atom stereocenters. The van der Waals surface area contributed by atoms with Crippen LogP contribution in [0.25, 0.3) is 0 Å². The van der Waals surface area contributed by atoms with Gasteiger partial charge in [-0.3, -0.25) is 9.58 Å². The van der Waals surface area contributed by atoms with Crippen LogP contribution in [-0.4, -0.2) is 46.1 Å². The molecule has 0 aliphatic carbocycles. The lowest BCUT2D eigenvalue weighted by atomic mass is 10.3. The Bertz CT molecular complexity index is 274. The average Bonchev–Trinajstić information content (AvgIpc) is 2.43. The van der Waals surface area contributed by atoms with Gasteiger partial charge in [0.1, 0.15) is 0 Å². The highest BCUT2D eigenvalue weighted by atomic mass is 15.4. The molecule has 1 N–H and O–H groups in total. The van der Waals surface area contributed by atoms with E-state index < -0.39 is 0 Å². The Labute approximate surface area is 84.1 Å². The molecule has 1 aromatic rings. The second kappa shape index (κ2) is 4.52. The Balaban J connectivity index is 1.89. The van der Waals surface area contributed by atoms with Crippen molar-refractivity contribution < 1.29 is 0 Å². The molecule has 0 spiro atoms. The van der Waals surface area contributed by atoms with Gasteiger partial charge in [0.15, 0.2) is 0 Å². The van der Waals surface area contributed by atoms with E-state index in [1.807, 2.05) is 13.2 Å². The second-order valence-corrected chi connectivity index (χ2v) is 3.76. The van der Waals surface area contributed by atoms with Crippen molar-refractivity contribution in [2.75, 3.05) is 26.2 Å². The third kappa shape index (κ3) is 2.52. The molecule has 1 fully saturated rings.